The normalized spacial score (nSPS) is 30.8. The van der Waals surface area contributed by atoms with Crippen LogP contribution in [0.4, 0.5) is 0 Å². The van der Waals surface area contributed by atoms with Crippen molar-refractivity contribution in [2.24, 2.45) is 17.8 Å². The Bertz CT molecular complexity index is 451. The molecule has 0 spiro atoms. The zero-order chi connectivity index (χ0) is 16.9. The Morgan fingerprint density at radius 3 is 2.17 bits per heavy atom. The topological polar surface area (TPSA) is 40.6 Å². The first-order chi connectivity index (χ1) is 11.6. The Balaban J connectivity index is 1.37. The molecule has 0 aromatic rings. The van der Waals surface area contributed by atoms with E-state index in [1.807, 2.05) is 4.90 Å². The fourth-order valence-corrected chi connectivity index (χ4v) is 4.95. The minimum absolute atomic E-state index is 0.250. The van der Waals surface area contributed by atoms with E-state index in [0.717, 1.165) is 44.4 Å². The first-order valence-corrected chi connectivity index (χ1v) is 10.2. The van der Waals surface area contributed by atoms with Crippen molar-refractivity contribution in [1.82, 2.24) is 9.80 Å². The molecule has 4 heteroatoms. The number of nitrogens with zero attached hydrogens (tertiary/aromatic N) is 2. The van der Waals surface area contributed by atoms with E-state index in [1.165, 1.54) is 38.5 Å². The van der Waals surface area contributed by atoms with Gasteiger partial charge in [-0.05, 0) is 49.9 Å². The van der Waals surface area contributed by atoms with E-state index in [4.69, 9.17) is 0 Å². The molecule has 24 heavy (non-hydrogen) atoms. The summed E-state index contributed by atoms with van der Waals surface area (Å²) in [6, 6.07) is 0. The summed E-state index contributed by atoms with van der Waals surface area (Å²) in [6.07, 6.45) is 10.8. The first kappa shape index (κ1) is 17.8. The van der Waals surface area contributed by atoms with Crippen LogP contribution in [0.2, 0.25) is 0 Å². The summed E-state index contributed by atoms with van der Waals surface area (Å²) in [5.74, 6) is 2.76. The molecule has 0 bridgehead atoms. The third-order valence-corrected chi connectivity index (χ3v) is 6.43. The second kappa shape index (κ2) is 8.35. The standard InChI is InChI=1S/C20H34N2O2/c1-16-6-5-12-21(14-16)19(23)9-4-10-20(24)22-13-11-17-7-2-3-8-18(17)15-22/h16-18H,2-15H2,1H3. The van der Waals surface area contributed by atoms with Gasteiger partial charge in [-0.1, -0.05) is 26.2 Å². The highest BCUT2D eigenvalue weighted by molar-refractivity contribution is 5.79. The molecule has 0 N–H and O–H groups in total. The smallest absolute Gasteiger partial charge is 0.222 e. The van der Waals surface area contributed by atoms with Gasteiger partial charge >= 0.3 is 0 Å². The van der Waals surface area contributed by atoms with Crippen LogP contribution in [0.15, 0.2) is 0 Å². The van der Waals surface area contributed by atoms with E-state index in [0.29, 0.717) is 25.2 Å². The van der Waals surface area contributed by atoms with Crippen LogP contribution in [-0.4, -0.2) is 47.8 Å². The van der Waals surface area contributed by atoms with Gasteiger partial charge in [-0.3, -0.25) is 9.59 Å². The molecular weight excluding hydrogens is 300 g/mol. The second-order valence-corrected chi connectivity index (χ2v) is 8.37. The summed E-state index contributed by atoms with van der Waals surface area (Å²) in [6.45, 7) is 5.95. The summed E-state index contributed by atoms with van der Waals surface area (Å²) in [5.41, 5.74) is 0. The van der Waals surface area contributed by atoms with Gasteiger partial charge in [0.1, 0.15) is 0 Å². The molecule has 3 rings (SSSR count). The van der Waals surface area contributed by atoms with E-state index >= 15 is 0 Å². The van der Waals surface area contributed by atoms with E-state index in [-0.39, 0.29) is 11.8 Å². The summed E-state index contributed by atoms with van der Waals surface area (Å²) < 4.78 is 0. The highest BCUT2D eigenvalue weighted by Crippen LogP contribution is 2.36. The van der Waals surface area contributed by atoms with E-state index in [2.05, 4.69) is 11.8 Å². The zero-order valence-electron chi connectivity index (χ0n) is 15.3. The zero-order valence-corrected chi connectivity index (χ0v) is 15.3. The fraction of sp³-hybridized carbons (Fsp3) is 0.900. The van der Waals surface area contributed by atoms with Gasteiger partial charge in [-0.2, -0.15) is 0 Å². The number of carbonyl (C=O) groups is 2. The molecule has 3 unspecified atom stereocenters. The lowest BCUT2D eigenvalue weighted by Crippen LogP contribution is -2.44. The number of carbonyl (C=O) groups excluding carboxylic acids is 2. The summed E-state index contributed by atoms with van der Waals surface area (Å²) in [4.78, 5) is 28.9. The molecule has 3 aliphatic rings. The minimum Gasteiger partial charge on any atom is -0.342 e. The van der Waals surface area contributed by atoms with Crippen molar-refractivity contribution in [2.75, 3.05) is 26.2 Å². The Morgan fingerprint density at radius 2 is 1.46 bits per heavy atom. The van der Waals surface area contributed by atoms with Crippen molar-refractivity contribution < 1.29 is 9.59 Å². The molecule has 3 fully saturated rings. The van der Waals surface area contributed by atoms with Gasteiger partial charge in [0.15, 0.2) is 0 Å². The molecule has 1 aliphatic carbocycles. The van der Waals surface area contributed by atoms with Crippen LogP contribution in [0, 0.1) is 17.8 Å². The molecule has 2 saturated heterocycles. The molecule has 2 amide bonds. The van der Waals surface area contributed by atoms with Crippen molar-refractivity contribution in [1.29, 1.82) is 0 Å². The van der Waals surface area contributed by atoms with Gasteiger partial charge in [-0.25, -0.2) is 0 Å². The quantitative estimate of drug-likeness (QED) is 0.790. The third-order valence-electron chi connectivity index (χ3n) is 6.43. The Labute approximate surface area is 146 Å². The average molecular weight is 335 g/mol. The van der Waals surface area contributed by atoms with Gasteiger partial charge < -0.3 is 9.80 Å². The number of hydrogen-bond acceptors (Lipinski definition) is 2. The van der Waals surface area contributed by atoms with Crippen molar-refractivity contribution >= 4 is 11.8 Å². The lowest BCUT2D eigenvalue weighted by atomic mass is 9.75. The third kappa shape index (κ3) is 4.52. The highest BCUT2D eigenvalue weighted by Gasteiger charge is 2.32. The van der Waals surface area contributed by atoms with Gasteiger partial charge in [0.25, 0.3) is 0 Å². The molecule has 0 radical (unpaired) electrons. The van der Waals surface area contributed by atoms with Crippen LogP contribution in [-0.2, 0) is 9.59 Å². The largest absolute Gasteiger partial charge is 0.342 e. The molecule has 2 aliphatic heterocycles. The maximum absolute atomic E-state index is 12.5. The molecule has 136 valence electrons. The predicted octanol–water partition coefficient (Wildman–Crippen LogP) is 3.45. The number of likely N-dealkylation sites (tertiary alicyclic amines) is 2. The van der Waals surface area contributed by atoms with Gasteiger partial charge in [-0.15, -0.1) is 0 Å². The van der Waals surface area contributed by atoms with Crippen LogP contribution >= 0.6 is 0 Å². The first-order valence-electron chi connectivity index (χ1n) is 10.2. The van der Waals surface area contributed by atoms with E-state index in [1.54, 1.807) is 0 Å². The molecule has 1 saturated carbocycles. The van der Waals surface area contributed by atoms with Gasteiger partial charge in [0, 0.05) is 39.0 Å². The van der Waals surface area contributed by atoms with Crippen molar-refractivity contribution in [3.8, 4) is 0 Å². The Morgan fingerprint density at radius 1 is 0.792 bits per heavy atom. The number of rotatable bonds is 4. The maximum atomic E-state index is 12.5. The van der Waals surface area contributed by atoms with E-state index in [9.17, 15) is 9.59 Å². The Hall–Kier alpha value is -1.06. The lowest BCUT2D eigenvalue weighted by molar-refractivity contribution is -0.135. The van der Waals surface area contributed by atoms with Crippen molar-refractivity contribution in [3.05, 3.63) is 0 Å². The predicted molar refractivity (Wildman–Crippen MR) is 95.5 cm³/mol. The molecular formula is C20H34N2O2. The monoisotopic (exact) mass is 334 g/mol. The van der Waals surface area contributed by atoms with Crippen LogP contribution in [0.25, 0.3) is 0 Å². The maximum Gasteiger partial charge on any atom is 0.222 e. The molecule has 3 atom stereocenters. The molecule has 0 aromatic carbocycles. The number of amides is 2. The summed E-state index contributed by atoms with van der Waals surface area (Å²) in [5, 5.41) is 0. The SMILES string of the molecule is CC1CCCN(C(=O)CCCC(=O)N2CCC3CCCCC3C2)C1. The Kier molecular flexibility index (Phi) is 6.18. The molecule has 2 heterocycles. The summed E-state index contributed by atoms with van der Waals surface area (Å²) in [7, 11) is 0. The fourth-order valence-electron chi connectivity index (χ4n) is 4.95. The van der Waals surface area contributed by atoms with Crippen LogP contribution in [0.5, 0.6) is 0 Å². The van der Waals surface area contributed by atoms with Crippen LogP contribution < -0.4 is 0 Å². The highest BCUT2D eigenvalue weighted by atomic mass is 16.2. The van der Waals surface area contributed by atoms with Gasteiger partial charge in [0.05, 0.1) is 0 Å². The van der Waals surface area contributed by atoms with Crippen LogP contribution in [0.3, 0.4) is 0 Å². The number of piperidine rings is 2. The minimum atomic E-state index is 0.250. The van der Waals surface area contributed by atoms with Crippen molar-refractivity contribution in [2.45, 2.75) is 71.1 Å². The van der Waals surface area contributed by atoms with E-state index < -0.39 is 0 Å². The van der Waals surface area contributed by atoms with Crippen LogP contribution in [0.1, 0.15) is 71.1 Å². The number of fused-ring (bicyclic) bond motifs is 1. The summed E-state index contributed by atoms with van der Waals surface area (Å²) >= 11 is 0. The average Bonchev–Trinajstić information content (AvgIpc) is 2.61. The molecule has 4 nitrogen and oxygen atoms in total. The van der Waals surface area contributed by atoms with Gasteiger partial charge in [0.2, 0.25) is 11.8 Å². The number of hydrogen-bond donors (Lipinski definition) is 0. The second-order valence-electron chi connectivity index (χ2n) is 8.37. The lowest BCUT2D eigenvalue weighted by Gasteiger charge is -2.41. The van der Waals surface area contributed by atoms with Crippen molar-refractivity contribution in [3.63, 3.8) is 0 Å². The molecule has 0 aromatic heterocycles.